The minimum atomic E-state index is -0.533. The van der Waals surface area contributed by atoms with E-state index in [1.165, 1.54) is 28.0 Å². The number of nitrogens with zero attached hydrogens (tertiary/aromatic N) is 1. The first-order chi connectivity index (χ1) is 13.9. The van der Waals surface area contributed by atoms with Gasteiger partial charge < -0.3 is 10.1 Å². The van der Waals surface area contributed by atoms with E-state index in [1.54, 1.807) is 36.4 Å². The van der Waals surface area contributed by atoms with Gasteiger partial charge in [-0.1, -0.05) is 39.8 Å². The molecule has 2 N–H and O–H groups in total. The van der Waals surface area contributed by atoms with Gasteiger partial charge in [0.2, 0.25) is 11.8 Å². The van der Waals surface area contributed by atoms with E-state index in [2.05, 4.69) is 20.9 Å². The van der Waals surface area contributed by atoms with Crippen LogP contribution < -0.4 is 4.90 Å². The number of amides is 2. The van der Waals surface area contributed by atoms with Gasteiger partial charge in [0, 0.05) is 15.3 Å². The van der Waals surface area contributed by atoms with Crippen molar-refractivity contribution in [1.29, 1.82) is 0 Å². The smallest absolute Gasteiger partial charge is 0.248 e. The number of halogens is 1. The fraction of sp³-hybridized carbons (Fsp3) is 0.150. The van der Waals surface area contributed by atoms with E-state index in [0.29, 0.717) is 9.64 Å². The molecule has 2 aliphatic rings. The highest BCUT2D eigenvalue weighted by Gasteiger charge is 2.56. The van der Waals surface area contributed by atoms with Crippen molar-refractivity contribution in [2.45, 2.75) is 16.2 Å². The SMILES string of the molecule is O=C1[C@@H]2[C@H](c3ccc(O)cc3)c3sc(=S)[nH]c3S[C@H]2C(=O)N1c1ccc(Br)cc1. The predicted octanol–water partition coefficient (Wildman–Crippen LogP) is 5.07. The number of anilines is 1. The molecule has 0 aliphatic carbocycles. The normalized spacial score (nSPS) is 23.2. The van der Waals surface area contributed by atoms with Crippen LogP contribution in [0.15, 0.2) is 58.0 Å². The molecule has 2 aromatic carbocycles. The number of thioether (sulfide) groups is 1. The maximum Gasteiger partial charge on any atom is 0.248 e. The van der Waals surface area contributed by atoms with Crippen molar-refractivity contribution in [1.82, 2.24) is 4.98 Å². The molecule has 3 atom stereocenters. The van der Waals surface area contributed by atoms with Gasteiger partial charge in [-0.2, -0.15) is 0 Å². The highest BCUT2D eigenvalue weighted by Crippen LogP contribution is 2.54. The van der Waals surface area contributed by atoms with E-state index < -0.39 is 11.2 Å². The molecule has 2 aliphatic heterocycles. The number of nitrogens with one attached hydrogen (secondary N) is 1. The Balaban J connectivity index is 1.64. The quantitative estimate of drug-likeness (QED) is 0.376. The summed E-state index contributed by atoms with van der Waals surface area (Å²) in [7, 11) is 0. The summed E-state index contributed by atoms with van der Waals surface area (Å²) in [5.41, 5.74) is 1.45. The number of H-pyrrole nitrogens is 1. The molecule has 5 nitrogen and oxygen atoms in total. The van der Waals surface area contributed by atoms with E-state index in [9.17, 15) is 14.7 Å². The molecule has 5 rings (SSSR count). The Labute approximate surface area is 187 Å². The van der Waals surface area contributed by atoms with Crippen LogP contribution in [0.2, 0.25) is 0 Å². The van der Waals surface area contributed by atoms with Gasteiger partial charge in [0.25, 0.3) is 0 Å². The Hall–Kier alpha value is -1.94. The number of aromatic hydroxyl groups is 1. The number of phenolic OH excluding ortho intramolecular Hbond substituents is 1. The maximum absolute atomic E-state index is 13.5. The number of benzene rings is 2. The topological polar surface area (TPSA) is 73.4 Å². The van der Waals surface area contributed by atoms with Gasteiger partial charge >= 0.3 is 0 Å². The van der Waals surface area contributed by atoms with E-state index in [-0.39, 0.29) is 23.5 Å². The second kappa shape index (κ2) is 7.09. The van der Waals surface area contributed by atoms with E-state index in [0.717, 1.165) is 19.9 Å². The summed E-state index contributed by atoms with van der Waals surface area (Å²) in [6.45, 7) is 0. The molecule has 1 saturated heterocycles. The van der Waals surface area contributed by atoms with Gasteiger partial charge in [-0.3, -0.25) is 9.59 Å². The first-order valence-electron chi connectivity index (χ1n) is 8.76. The molecule has 1 aromatic heterocycles. The van der Waals surface area contributed by atoms with Crippen molar-refractivity contribution in [2.75, 3.05) is 4.90 Å². The number of hydrogen-bond donors (Lipinski definition) is 2. The lowest BCUT2D eigenvalue weighted by molar-refractivity contribution is -0.122. The number of aromatic nitrogens is 1. The molecular weight excluding hydrogens is 492 g/mol. The minimum Gasteiger partial charge on any atom is -0.508 e. The van der Waals surface area contributed by atoms with Gasteiger partial charge in [-0.05, 0) is 54.2 Å². The van der Waals surface area contributed by atoms with Crippen LogP contribution >= 0.6 is 51.2 Å². The van der Waals surface area contributed by atoms with Crippen LogP contribution in [-0.4, -0.2) is 27.2 Å². The number of phenols is 1. The zero-order valence-electron chi connectivity index (χ0n) is 14.7. The molecule has 0 bridgehead atoms. The number of imide groups is 1. The van der Waals surface area contributed by atoms with Crippen LogP contribution in [0.4, 0.5) is 5.69 Å². The summed E-state index contributed by atoms with van der Waals surface area (Å²) in [6.07, 6.45) is 0. The fourth-order valence-corrected chi connectivity index (χ4v) is 7.13. The van der Waals surface area contributed by atoms with Crippen LogP contribution in [0.25, 0.3) is 0 Å². The molecule has 146 valence electrons. The van der Waals surface area contributed by atoms with Crippen LogP contribution in [0.1, 0.15) is 16.4 Å². The van der Waals surface area contributed by atoms with Gasteiger partial charge in [-0.25, -0.2) is 4.90 Å². The summed E-state index contributed by atoms with van der Waals surface area (Å²) in [5, 5.41) is 10.0. The van der Waals surface area contributed by atoms with Gasteiger partial charge in [0.1, 0.15) is 11.0 Å². The van der Waals surface area contributed by atoms with Crippen molar-refractivity contribution in [3.63, 3.8) is 0 Å². The largest absolute Gasteiger partial charge is 0.508 e. The number of rotatable bonds is 2. The number of carbonyl (C=O) groups excluding carboxylic acids is 2. The standard InChI is InChI=1S/C20H13BrN2O3S3/c21-10-3-5-11(6-4-10)23-18(25)14-13(9-1-7-12(24)8-2-9)15-17(22-20(27)29-15)28-16(14)19(23)26/h1-8,13-14,16,24H,(H,22,27)/t13-,14+,16+/m0/s1. The minimum absolute atomic E-state index is 0.155. The number of hydrogen-bond acceptors (Lipinski definition) is 6. The van der Waals surface area contributed by atoms with Crippen molar-refractivity contribution in [3.05, 3.63) is 67.4 Å². The van der Waals surface area contributed by atoms with E-state index in [1.807, 2.05) is 12.1 Å². The molecule has 0 unspecified atom stereocenters. The Morgan fingerprint density at radius 1 is 1.03 bits per heavy atom. The highest BCUT2D eigenvalue weighted by atomic mass is 79.9. The molecular formula is C20H13BrN2O3S3. The molecule has 0 saturated carbocycles. The third-order valence-electron chi connectivity index (χ3n) is 5.16. The molecule has 9 heteroatoms. The summed E-state index contributed by atoms with van der Waals surface area (Å²) in [6, 6.07) is 14.0. The molecule has 0 spiro atoms. The first kappa shape index (κ1) is 19.0. The van der Waals surface area contributed by atoms with Crippen LogP contribution in [0, 0.1) is 9.87 Å². The summed E-state index contributed by atoms with van der Waals surface area (Å²) in [4.78, 5) is 32.2. The molecule has 1 fully saturated rings. The van der Waals surface area contributed by atoms with Crippen molar-refractivity contribution < 1.29 is 14.7 Å². The molecule has 29 heavy (non-hydrogen) atoms. The van der Waals surface area contributed by atoms with Gasteiger partial charge in [0.15, 0.2) is 3.95 Å². The summed E-state index contributed by atoms with van der Waals surface area (Å²) >= 11 is 11.5. The average molecular weight is 505 g/mol. The zero-order valence-corrected chi connectivity index (χ0v) is 18.7. The third-order valence-corrected chi connectivity index (χ3v) is 8.44. The summed E-state index contributed by atoms with van der Waals surface area (Å²) in [5.74, 6) is -1.10. The van der Waals surface area contributed by atoms with Gasteiger partial charge in [-0.15, -0.1) is 11.3 Å². The van der Waals surface area contributed by atoms with Crippen molar-refractivity contribution >= 4 is 68.7 Å². The van der Waals surface area contributed by atoms with Crippen molar-refractivity contribution in [2.24, 2.45) is 5.92 Å². The number of fused-ring (bicyclic) bond motifs is 2. The Morgan fingerprint density at radius 3 is 2.41 bits per heavy atom. The molecule has 3 heterocycles. The van der Waals surface area contributed by atoms with Gasteiger partial charge in [0.05, 0.1) is 16.6 Å². The fourth-order valence-electron chi connectivity index (χ4n) is 3.90. The van der Waals surface area contributed by atoms with E-state index in [4.69, 9.17) is 12.2 Å². The lowest BCUT2D eigenvalue weighted by atomic mass is 9.83. The van der Waals surface area contributed by atoms with Crippen LogP contribution in [-0.2, 0) is 9.59 Å². The van der Waals surface area contributed by atoms with Crippen LogP contribution in [0.5, 0.6) is 5.75 Å². The lowest BCUT2D eigenvalue weighted by Gasteiger charge is -2.29. The molecule has 0 radical (unpaired) electrons. The highest BCUT2D eigenvalue weighted by molar-refractivity contribution is 9.10. The number of thiazole rings is 1. The first-order valence-corrected chi connectivity index (χ1v) is 11.7. The Bertz CT molecular complexity index is 1190. The van der Waals surface area contributed by atoms with Crippen LogP contribution in [0.3, 0.4) is 0 Å². The average Bonchev–Trinajstić information content (AvgIpc) is 3.19. The second-order valence-electron chi connectivity index (χ2n) is 6.83. The monoisotopic (exact) mass is 504 g/mol. The Morgan fingerprint density at radius 2 is 1.72 bits per heavy atom. The summed E-state index contributed by atoms with van der Waals surface area (Å²) < 4.78 is 1.50. The predicted molar refractivity (Wildman–Crippen MR) is 119 cm³/mol. The Kier molecular flexibility index (Phi) is 4.65. The number of aromatic amines is 1. The molecule has 2 amide bonds. The number of carbonyl (C=O) groups is 2. The van der Waals surface area contributed by atoms with E-state index >= 15 is 0 Å². The second-order valence-corrected chi connectivity index (χ2v) is 10.6. The zero-order chi connectivity index (χ0) is 20.3. The lowest BCUT2D eigenvalue weighted by Crippen LogP contribution is -2.32. The van der Waals surface area contributed by atoms with Crippen molar-refractivity contribution in [3.8, 4) is 5.75 Å². The maximum atomic E-state index is 13.5. The third kappa shape index (κ3) is 3.07. The molecule has 3 aromatic rings.